The maximum atomic E-state index is 12.6. The van der Waals surface area contributed by atoms with Gasteiger partial charge in [-0.2, -0.15) is 4.98 Å². The maximum Gasteiger partial charge on any atom is 0.263 e. The fraction of sp³-hybridized carbons (Fsp3) is 0.273. The molecule has 8 nitrogen and oxygen atoms in total. The van der Waals surface area contributed by atoms with E-state index in [0.717, 1.165) is 17.9 Å². The quantitative estimate of drug-likeness (QED) is 0.521. The molecule has 0 unspecified atom stereocenters. The number of pyridine rings is 2. The number of rotatable bonds is 4. The van der Waals surface area contributed by atoms with Crippen LogP contribution in [-0.4, -0.2) is 29.7 Å². The van der Waals surface area contributed by atoms with Gasteiger partial charge in [-0.25, -0.2) is 9.97 Å². The van der Waals surface area contributed by atoms with Crippen molar-refractivity contribution in [3.05, 3.63) is 82.4 Å². The van der Waals surface area contributed by atoms with Gasteiger partial charge in [0, 0.05) is 18.3 Å². The van der Waals surface area contributed by atoms with Gasteiger partial charge < -0.3 is 4.52 Å². The predicted molar refractivity (Wildman–Crippen MR) is 108 cm³/mol. The normalized spacial score (nSPS) is 22.2. The average Bonchev–Trinajstić information content (AvgIpc) is 3.10. The summed E-state index contributed by atoms with van der Waals surface area (Å²) >= 11 is 0. The zero-order chi connectivity index (χ0) is 20.2. The van der Waals surface area contributed by atoms with Crippen LogP contribution in [0.5, 0.6) is 0 Å². The molecule has 8 heteroatoms. The van der Waals surface area contributed by atoms with Crippen LogP contribution < -0.4 is 5.56 Å². The number of aromatic nitrogens is 6. The second-order valence-corrected chi connectivity index (χ2v) is 7.98. The SMILES string of the molecule is Cc1ccnc(C2=C[C@H]3[C@@H](C2)[C@@H]3c2noc(Cn3cnc4ncccc4c3=O)n2)c1. The minimum Gasteiger partial charge on any atom is -0.337 e. The number of hydrogen-bond donors (Lipinski definition) is 0. The molecule has 148 valence electrons. The van der Waals surface area contributed by atoms with E-state index >= 15 is 0 Å². The molecule has 0 aromatic carbocycles. The topological polar surface area (TPSA) is 99.6 Å². The molecule has 3 atom stereocenters. The Kier molecular flexibility index (Phi) is 3.68. The summed E-state index contributed by atoms with van der Waals surface area (Å²) in [5, 5.41) is 4.65. The van der Waals surface area contributed by atoms with E-state index in [4.69, 9.17) is 4.52 Å². The van der Waals surface area contributed by atoms with Crippen LogP contribution in [0.25, 0.3) is 16.6 Å². The molecule has 1 fully saturated rings. The smallest absolute Gasteiger partial charge is 0.263 e. The highest BCUT2D eigenvalue weighted by Gasteiger charge is 2.55. The lowest BCUT2D eigenvalue weighted by Crippen LogP contribution is -2.21. The molecule has 4 heterocycles. The first kappa shape index (κ1) is 17.2. The van der Waals surface area contributed by atoms with Gasteiger partial charge in [0.25, 0.3) is 5.56 Å². The van der Waals surface area contributed by atoms with Crippen LogP contribution in [0.15, 0.2) is 58.4 Å². The minimum absolute atomic E-state index is 0.172. The molecule has 0 saturated heterocycles. The fourth-order valence-electron chi connectivity index (χ4n) is 4.43. The largest absolute Gasteiger partial charge is 0.337 e. The molecular formula is C22H18N6O2. The first-order valence-electron chi connectivity index (χ1n) is 9.94. The van der Waals surface area contributed by atoms with Crippen LogP contribution in [0.2, 0.25) is 0 Å². The Morgan fingerprint density at radius 3 is 2.97 bits per heavy atom. The molecule has 0 spiro atoms. The van der Waals surface area contributed by atoms with Gasteiger partial charge in [-0.1, -0.05) is 11.2 Å². The van der Waals surface area contributed by atoms with E-state index in [-0.39, 0.29) is 18.0 Å². The third kappa shape index (κ3) is 2.75. The van der Waals surface area contributed by atoms with Gasteiger partial charge in [0.1, 0.15) is 12.9 Å². The van der Waals surface area contributed by atoms with Gasteiger partial charge in [0.05, 0.1) is 11.1 Å². The molecule has 4 aromatic heterocycles. The van der Waals surface area contributed by atoms with Crippen molar-refractivity contribution in [1.29, 1.82) is 0 Å². The third-order valence-electron chi connectivity index (χ3n) is 6.01. The lowest BCUT2D eigenvalue weighted by molar-refractivity contribution is 0.364. The Labute approximate surface area is 171 Å². The zero-order valence-electron chi connectivity index (χ0n) is 16.3. The van der Waals surface area contributed by atoms with Crippen LogP contribution in [0, 0.1) is 18.8 Å². The van der Waals surface area contributed by atoms with E-state index in [1.54, 1.807) is 18.3 Å². The third-order valence-corrected chi connectivity index (χ3v) is 6.01. The Morgan fingerprint density at radius 2 is 2.13 bits per heavy atom. The van der Waals surface area contributed by atoms with Crippen molar-refractivity contribution in [2.45, 2.75) is 25.8 Å². The molecule has 0 aliphatic heterocycles. The van der Waals surface area contributed by atoms with Gasteiger partial charge in [-0.15, -0.1) is 0 Å². The Bertz CT molecular complexity index is 1370. The zero-order valence-corrected chi connectivity index (χ0v) is 16.3. The second kappa shape index (κ2) is 6.41. The Hall–Kier alpha value is -3.68. The van der Waals surface area contributed by atoms with Crippen LogP contribution in [-0.2, 0) is 6.54 Å². The molecule has 1 saturated carbocycles. The maximum absolute atomic E-state index is 12.6. The van der Waals surface area contributed by atoms with Crippen molar-refractivity contribution >= 4 is 16.6 Å². The number of fused-ring (bicyclic) bond motifs is 2. The molecule has 0 N–H and O–H groups in total. The summed E-state index contributed by atoms with van der Waals surface area (Å²) in [7, 11) is 0. The summed E-state index contributed by atoms with van der Waals surface area (Å²) in [4.78, 5) is 30.0. The van der Waals surface area contributed by atoms with Crippen LogP contribution in [0.3, 0.4) is 0 Å². The van der Waals surface area contributed by atoms with Gasteiger partial charge in [0.15, 0.2) is 11.5 Å². The molecule has 30 heavy (non-hydrogen) atoms. The van der Waals surface area contributed by atoms with Gasteiger partial charge in [0.2, 0.25) is 5.89 Å². The first-order chi connectivity index (χ1) is 14.7. The van der Waals surface area contributed by atoms with Crippen LogP contribution in [0.1, 0.15) is 35.3 Å². The Morgan fingerprint density at radius 1 is 1.20 bits per heavy atom. The second-order valence-electron chi connectivity index (χ2n) is 7.98. The van der Waals surface area contributed by atoms with Crippen molar-refractivity contribution < 1.29 is 4.52 Å². The summed E-state index contributed by atoms with van der Waals surface area (Å²) < 4.78 is 6.90. The number of allylic oxidation sites excluding steroid dienone is 2. The monoisotopic (exact) mass is 398 g/mol. The van der Waals surface area contributed by atoms with E-state index in [2.05, 4.69) is 44.2 Å². The molecule has 2 aliphatic carbocycles. The summed E-state index contributed by atoms with van der Waals surface area (Å²) in [6.45, 7) is 2.28. The first-order valence-corrected chi connectivity index (χ1v) is 9.94. The van der Waals surface area contributed by atoms with Gasteiger partial charge in [-0.05, 0) is 60.6 Å². The van der Waals surface area contributed by atoms with Gasteiger partial charge >= 0.3 is 0 Å². The van der Waals surface area contributed by atoms with Crippen LogP contribution >= 0.6 is 0 Å². The summed E-state index contributed by atoms with van der Waals surface area (Å²) in [5.41, 5.74) is 3.84. The van der Waals surface area contributed by atoms with E-state index in [1.165, 1.54) is 22.0 Å². The van der Waals surface area contributed by atoms with E-state index in [9.17, 15) is 4.79 Å². The summed E-state index contributed by atoms with van der Waals surface area (Å²) in [6, 6.07) is 7.57. The molecule has 0 amide bonds. The summed E-state index contributed by atoms with van der Waals surface area (Å²) in [6.07, 6.45) is 8.23. The van der Waals surface area contributed by atoms with Crippen molar-refractivity contribution in [2.24, 2.45) is 11.8 Å². The minimum atomic E-state index is -0.172. The van der Waals surface area contributed by atoms with Crippen molar-refractivity contribution in [3.8, 4) is 0 Å². The lowest BCUT2D eigenvalue weighted by atomic mass is 10.0. The van der Waals surface area contributed by atoms with Crippen molar-refractivity contribution in [3.63, 3.8) is 0 Å². The Balaban J connectivity index is 1.20. The van der Waals surface area contributed by atoms with Crippen molar-refractivity contribution in [2.75, 3.05) is 0 Å². The lowest BCUT2D eigenvalue weighted by Gasteiger charge is -2.05. The van der Waals surface area contributed by atoms with Crippen molar-refractivity contribution in [1.82, 2.24) is 29.7 Å². The average molecular weight is 398 g/mol. The predicted octanol–water partition coefficient (Wildman–Crippen LogP) is 2.74. The number of nitrogens with zero attached hydrogens (tertiary/aromatic N) is 6. The molecule has 0 radical (unpaired) electrons. The van der Waals surface area contributed by atoms with E-state index in [0.29, 0.717) is 28.8 Å². The van der Waals surface area contributed by atoms with E-state index in [1.807, 2.05) is 12.3 Å². The summed E-state index contributed by atoms with van der Waals surface area (Å²) in [5.74, 6) is 2.35. The highest BCUT2D eigenvalue weighted by molar-refractivity contribution is 5.72. The standard InChI is InChI=1S/C22H18N6O2/c1-12-4-6-23-17(7-12)13-8-15-16(9-13)19(15)21-26-18(30-27-21)10-28-11-25-20-14(22(28)29)3-2-5-24-20/h2-8,11,15-16,19H,9-10H2,1H3/t15-,16+,19+/m0/s1. The molecule has 6 rings (SSSR count). The van der Waals surface area contributed by atoms with Crippen LogP contribution in [0.4, 0.5) is 0 Å². The number of hydrogen-bond acceptors (Lipinski definition) is 7. The highest BCUT2D eigenvalue weighted by Crippen LogP contribution is 2.62. The molecular weight excluding hydrogens is 380 g/mol. The fourth-order valence-corrected chi connectivity index (χ4v) is 4.43. The molecule has 2 aliphatic rings. The number of aryl methyl sites for hydroxylation is 1. The van der Waals surface area contributed by atoms with Gasteiger partial charge in [-0.3, -0.25) is 14.3 Å². The highest BCUT2D eigenvalue weighted by atomic mass is 16.5. The molecule has 0 bridgehead atoms. The van der Waals surface area contributed by atoms with E-state index < -0.39 is 0 Å². The molecule has 4 aromatic rings.